The summed E-state index contributed by atoms with van der Waals surface area (Å²) in [5, 5.41) is 7.38. The second-order valence-corrected chi connectivity index (χ2v) is 13.0. The molecule has 2 heterocycles. The van der Waals surface area contributed by atoms with Crippen LogP contribution in [0.2, 0.25) is 0 Å². The minimum Gasteiger partial charge on any atom is -0.309 e. The highest BCUT2D eigenvalue weighted by atomic mass is 15.0. The lowest BCUT2D eigenvalue weighted by Crippen LogP contribution is -1.97. The van der Waals surface area contributed by atoms with Gasteiger partial charge in [-0.15, -0.1) is 0 Å². The van der Waals surface area contributed by atoms with Gasteiger partial charge in [-0.2, -0.15) is 0 Å². The first kappa shape index (κ1) is 29.1. The highest BCUT2D eigenvalue weighted by Crippen LogP contribution is 2.39. The van der Waals surface area contributed by atoms with Gasteiger partial charge in [0.2, 0.25) is 0 Å². The SMILES string of the molecule is c1ccc(-c2cc(-c3ccc(-c4ccc(-n5c6ccccc6c6cc7ccccc7cc65)cc4)c4ccccc34)nc(-c3ccccc3)n2)cc1. The smallest absolute Gasteiger partial charge is 0.160 e. The second kappa shape index (κ2) is 11.9. The van der Waals surface area contributed by atoms with Crippen molar-refractivity contribution < 1.29 is 0 Å². The largest absolute Gasteiger partial charge is 0.309 e. The van der Waals surface area contributed by atoms with Gasteiger partial charge in [0.1, 0.15) is 0 Å². The highest BCUT2D eigenvalue weighted by Gasteiger charge is 2.16. The Morgan fingerprint density at radius 3 is 1.65 bits per heavy atom. The number of hydrogen-bond acceptors (Lipinski definition) is 2. The number of aromatic nitrogens is 3. The predicted molar refractivity (Wildman–Crippen MR) is 213 cm³/mol. The molecule has 0 aliphatic heterocycles. The number of fused-ring (bicyclic) bond motifs is 5. The molecule has 0 aliphatic rings. The Labute approximate surface area is 295 Å². The van der Waals surface area contributed by atoms with Crippen LogP contribution in [0.15, 0.2) is 188 Å². The van der Waals surface area contributed by atoms with Crippen LogP contribution in [0.4, 0.5) is 0 Å². The Kier molecular flexibility index (Phi) is 6.81. The van der Waals surface area contributed by atoms with E-state index < -0.39 is 0 Å². The van der Waals surface area contributed by atoms with Crippen molar-refractivity contribution >= 4 is 43.4 Å². The summed E-state index contributed by atoms with van der Waals surface area (Å²) in [6, 6.07) is 66.8. The van der Waals surface area contributed by atoms with Gasteiger partial charge in [-0.05, 0) is 69.1 Å². The molecule has 0 bridgehead atoms. The minimum atomic E-state index is 0.716. The van der Waals surface area contributed by atoms with Crippen LogP contribution in [0.5, 0.6) is 0 Å². The van der Waals surface area contributed by atoms with Gasteiger partial charge in [0.25, 0.3) is 0 Å². The highest BCUT2D eigenvalue weighted by molar-refractivity contribution is 6.13. The first-order valence-corrected chi connectivity index (χ1v) is 17.3. The maximum Gasteiger partial charge on any atom is 0.160 e. The van der Waals surface area contributed by atoms with Crippen molar-refractivity contribution in [1.29, 1.82) is 0 Å². The van der Waals surface area contributed by atoms with Gasteiger partial charge in [-0.25, -0.2) is 9.97 Å². The average Bonchev–Trinajstić information content (AvgIpc) is 3.53. The van der Waals surface area contributed by atoms with Crippen molar-refractivity contribution in [2.45, 2.75) is 0 Å². The summed E-state index contributed by atoms with van der Waals surface area (Å²) >= 11 is 0. The van der Waals surface area contributed by atoms with E-state index in [0.29, 0.717) is 5.82 Å². The molecule has 0 saturated carbocycles. The van der Waals surface area contributed by atoms with E-state index in [2.05, 4.69) is 168 Å². The molecule has 0 saturated heterocycles. The van der Waals surface area contributed by atoms with Crippen molar-refractivity contribution in [2.75, 3.05) is 0 Å². The lowest BCUT2D eigenvalue weighted by Gasteiger charge is -2.14. The van der Waals surface area contributed by atoms with Crippen LogP contribution in [0.1, 0.15) is 0 Å². The summed E-state index contributed by atoms with van der Waals surface area (Å²) in [5.74, 6) is 0.716. The zero-order valence-electron chi connectivity index (χ0n) is 27.7. The molecule has 0 radical (unpaired) electrons. The molecule has 10 aromatic rings. The average molecular weight is 650 g/mol. The third kappa shape index (κ3) is 4.98. The minimum absolute atomic E-state index is 0.716. The molecule has 238 valence electrons. The molecule has 10 rings (SSSR count). The zero-order valence-corrected chi connectivity index (χ0v) is 27.7. The Morgan fingerprint density at radius 2 is 0.902 bits per heavy atom. The lowest BCUT2D eigenvalue weighted by atomic mass is 9.93. The monoisotopic (exact) mass is 649 g/mol. The topological polar surface area (TPSA) is 30.7 Å². The molecule has 0 spiro atoms. The number of rotatable bonds is 5. The molecule has 0 amide bonds. The fourth-order valence-electron chi connectivity index (χ4n) is 7.56. The third-order valence-corrected chi connectivity index (χ3v) is 10.0. The second-order valence-electron chi connectivity index (χ2n) is 13.0. The van der Waals surface area contributed by atoms with E-state index in [0.717, 1.165) is 39.2 Å². The Morgan fingerprint density at radius 1 is 0.333 bits per heavy atom. The number of hydrogen-bond donors (Lipinski definition) is 0. The fraction of sp³-hybridized carbons (Fsp3) is 0. The quantitative estimate of drug-likeness (QED) is 0.186. The van der Waals surface area contributed by atoms with Crippen molar-refractivity contribution in [3.05, 3.63) is 188 Å². The van der Waals surface area contributed by atoms with Crippen LogP contribution in [0.3, 0.4) is 0 Å². The van der Waals surface area contributed by atoms with E-state index in [1.807, 2.05) is 24.3 Å². The van der Waals surface area contributed by atoms with Crippen LogP contribution < -0.4 is 0 Å². The molecule has 3 heteroatoms. The molecule has 0 aliphatic carbocycles. The van der Waals surface area contributed by atoms with E-state index in [9.17, 15) is 0 Å². The summed E-state index contributed by atoms with van der Waals surface area (Å²) < 4.78 is 2.39. The molecule has 0 unspecified atom stereocenters. The summed E-state index contributed by atoms with van der Waals surface area (Å²) in [6.07, 6.45) is 0. The third-order valence-electron chi connectivity index (χ3n) is 10.0. The van der Waals surface area contributed by atoms with Gasteiger partial charge in [-0.3, -0.25) is 0 Å². The number of nitrogens with zero attached hydrogens (tertiary/aromatic N) is 3. The standard InChI is InChI=1S/C48H31N3/c1-3-13-33(14-4-1)44-31-45(50-48(49-44)34-15-5-2-6-16-34)41-28-27-38(39-19-9-10-20-40(39)41)32-23-25-37(26-24-32)51-46-22-12-11-21-42(46)43-29-35-17-7-8-18-36(35)30-47(43)51/h1-31H. The Bertz CT molecular complexity index is 2830. The molecule has 8 aromatic carbocycles. The summed E-state index contributed by atoms with van der Waals surface area (Å²) in [5.41, 5.74) is 10.9. The van der Waals surface area contributed by atoms with Gasteiger partial charge in [0.05, 0.1) is 22.4 Å². The summed E-state index contributed by atoms with van der Waals surface area (Å²) in [7, 11) is 0. The van der Waals surface area contributed by atoms with Crippen LogP contribution in [-0.4, -0.2) is 14.5 Å². The molecule has 0 N–H and O–H groups in total. The van der Waals surface area contributed by atoms with Crippen LogP contribution in [0, 0.1) is 0 Å². The summed E-state index contributed by atoms with van der Waals surface area (Å²) in [6.45, 7) is 0. The fourth-order valence-corrected chi connectivity index (χ4v) is 7.56. The number of para-hydroxylation sites is 1. The van der Waals surface area contributed by atoms with Crippen LogP contribution >= 0.6 is 0 Å². The van der Waals surface area contributed by atoms with E-state index >= 15 is 0 Å². The zero-order chi connectivity index (χ0) is 33.7. The maximum absolute atomic E-state index is 5.15. The van der Waals surface area contributed by atoms with E-state index in [1.165, 1.54) is 49.1 Å². The van der Waals surface area contributed by atoms with Crippen molar-refractivity contribution in [2.24, 2.45) is 0 Å². The van der Waals surface area contributed by atoms with Crippen LogP contribution in [0.25, 0.3) is 94.1 Å². The normalized spacial score (nSPS) is 11.5. The maximum atomic E-state index is 5.15. The number of benzene rings is 8. The molecule has 0 fully saturated rings. The molecule has 2 aromatic heterocycles. The van der Waals surface area contributed by atoms with Gasteiger partial charge < -0.3 is 4.57 Å². The van der Waals surface area contributed by atoms with Crippen molar-refractivity contribution in [1.82, 2.24) is 14.5 Å². The molecular formula is C48H31N3. The molecule has 51 heavy (non-hydrogen) atoms. The van der Waals surface area contributed by atoms with Gasteiger partial charge in [0, 0.05) is 33.2 Å². The van der Waals surface area contributed by atoms with Gasteiger partial charge in [-0.1, -0.05) is 152 Å². The Hall–Kier alpha value is -6.84. The Balaban J connectivity index is 1.10. The van der Waals surface area contributed by atoms with E-state index in [1.54, 1.807) is 0 Å². The van der Waals surface area contributed by atoms with E-state index in [4.69, 9.17) is 9.97 Å². The van der Waals surface area contributed by atoms with Crippen LogP contribution in [-0.2, 0) is 0 Å². The van der Waals surface area contributed by atoms with Gasteiger partial charge in [0.15, 0.2) is 5.82 Å². The first-order chi connectivity index (χ1) is 25.3. The summed E-state index contributed by atoms with van der Waals surface area (Å²) in [4.78, 5) is 10.2. The first-order valence-electron chi connectivity index (χ1n) is 17.3. The van der Waals surface area contributed by atoms with Crippen molar-refractivity contribution in [3.8, 4) is 50.7 Å². The predicted octanol–water partition coefficient (Wildman–Crippen LogP) is 12.5. The molecular weight excluding hydrogens is 619 g/mol. The lowest BCUT2D eigenvalue weighted by molar-refractivity contribution is 1.18. The van der Waals surface area contributed by atoms with E-state index in [-0.39, 0.29) is 0 Å². The van der Waals surface area contributed by atoms with Gasteiger partial charge >= 0.3 is 0 Å². The molecule has 3 nitrogen and oxygen atoms in total. The van der Waals surface area contributed by atoms with Crippen molar-refractivity contribution in [3.63, 3.8) is 0 Å². The molecule has 0 atom stereocenters.